The molecular formula is C17H30N2O2S. The minimum absolute atomic E-state index is 0.254. The predicted molar refractivity (Wildman–Crippen MR) is 93.4 cm³/mol. The highest BCUT2D eigenvalue weighted by Gasteiger charge is 2.18. The van der Waals surface area contributed by atoms with Crippen LogP contribution in [0.1, 0.15) is 64.8 Å². The van der Waals surface area contributed by atoms with E-state index in [2.05, 4.69) is 42.0 Å². The number of carbonyl (C=O) groups excluding carboxylic acids is 1. The van der Waals surface area contributed by atoms with Crippen molar-refractivity contribution in [3.8, 4) is 0 Å². The van der Waals surface area contributed by atoms with Crippen molar-refractivity contribution >= 4 is 17.4 Å². The van der Waals surface area contributed by atoms with E-state index >= 15 is 0 Å². The third-order valence-corrected chi connectivity index (χ3v) is 4.31. The van der Waals surface area contributed by atoms with E-state index in [1.807, 2.05) is 20.8 Å². The fourth-order valence-corrected chi connectivity index (χ4v) is 2.93. The summed E-state index contributed by atoms with van der Waals surface area (Å²) in [5, 5.41) is 8.58. The molecule has 1 rings (SSSR count). The summed E-state index contributed by atoms with van der Waals surface area (Å²) in [5.41, 5.74) is -0.458. The molecule has 22 heavy (non-hydrogen) atoms. The molecule has 1 amide bonds. The number of amides is 1. The first kappa shape index (κ1) is 19.0. The van der Waals surface area contributed by atoms with E-state index < -0.39 is 5.60 Å². The predicted octanol–water partition coefficient (Wildman–Crippen LogP) is 4.48. The van der Waals surface area contributed by atoms with Crippen molar-refractivity contribution in [1.82, 2.24) is 10.6 Å². The van der Waals surface area contributed by atoms with Gasteiger partial charge in [-0.2, -0.15) is 0 Å². The minimum atomic E-state index is -0.458. The van der Waals surface area contributed by atoms with Gasteiger partial charge in [0.2, 0.25) is 0 Å². The van der Waals surface area contributed by atoms with Crippen LogP contribution in [0.15, 0.2) is 17.5 Å². The maximum Gasteiger partial charge on any atom is 0.407 e. The lowest BCUT2D eigenvalue weighted by molar-refractivity contribution is 0.0521. The van der Waals surface area contributed by atoms with Crippen molar-refractivity contribution in [2.75, 3.05) is 6.54 Å². The zero-order chi connectivity index (χ0) is 16.6. The van der Waals surface area contributed by atoms with Crippen LogP contribution in [0.2, 0.25) is 0 Å². The standard InChI is InChI=1S/C17H30N2O2S/c1-6-7-9-14(12-18-16(20)21-17(3,4)5)19-13(2)15-10-8-11-22-15/h8,10-11,13-14,19H,6-7,9,12H2,1-5H3,(H,18,20). The molecule has 0 fully saturated rings. The van der Waals surface area contributed by atoms with Crippen LogP contribution in [0.5, 0.6) is 0 Å². The molecule has 1 heterocycles. The number of hydrogen-bond donors (Lipinski definition) is 2. The van der Waals surface area contributed by atoms with Crippen LogP contribution in [0.4, 0.5) is 4.79 Å². The molecule has 2 unspecified atom stereocenters. The smallest absolute Gasteiger partial charge is 0.407 e. The zero-order valence-electron chi connectivity index (χ0n) is 14.4. The minimum Gasteiger partial charge on any atom is -0.444 e. The highest BCUT2D eigenvalue weighted by molar-refractivity contribution is 7.10. The second-order valence-electron chi connectivity index (χ2n) is 6.63. The average molecular weight is 327 g/mol. The Bertz CT molecular complexity index is 426. The van der Waals surface area contributed by atoms with Gasteiger partial charge in [-0.3, -0.25) is 0 Å². The first-order chi connectivity index (χ1) is 10.3. The van der Waals surface area contributed by atoms with E-state index in [9.17, 15) is 4.79 Å². The molecule has 126 valence electrons. The molecule has 1 aromatic rings. The molecule has 0 radical (unpaired) electrons. The van der Waals surface area contributed by atoms with E-state index in [1.54, 1.807) is 11.3 Å². The molecule has 5 heteroatoms. The number of carbonyl (C=O) groups is 1. The molecule has 2 atom stereocenters. The summed E-state index contributed by atoms with van der Waals surface area (Å²) in [7, 11) is 0. The van der Waals surface area contributed by atoms with Crippen molar-refractivity contribution in [1.29, 1.82) is 0 Å². The Hall–Kier alpha value is -1.07. The van der Waals surface area contributed by atoms with Crippen LogP contribution in [0.3, 0.4) is 0 Å². The van der Waals surface area contributed by atoms with E-state index in [4.69, 9.17) is 4.74 Å². The lowest BCUT2D eigenvalue weighted by Gasteiger charge is -2.25. The molecule has 0 aliphatic heterocycles. The van der Waals surface area contributed by atoms with Gasteiger partial charge in [0.15, 0.2) is 0 Å². The van der Waals surface area contributed by atoms with Crippen LogP contribution in [0, 0.1) is 0 Å². The number of ether oxygens (including phenoxy) is 1. The lowest BCUT2D eigenvalue weighted by atomic mass is 10.1. The molecular weight excluding hydrogens is 296 g/mol. The molecule has 0 spiro atoms. The van der Waals surface area contributed by atoms with E-state index in [1.165, 1.54) is 4.88 Å². The lowest BCUT2D eigenvalue weighted by Crippen LogP contribution is -2.43. The van der Waals surface area contributed by atoms with Crippen LogP contribution in [0.25, 0.3) is 0 Å². The molecule has 0 saturated heterocycles. The topological polar surface area (TPSA) is 50.4 Å². The summed E-state index contributed by atoms with van der Waals surface area (Å²) >= 11 is 1.75. The van der Waals surface area contributed by atoms with Gasteiger partial charge in [0.05, 0.1) is 0 Å². The van der Waals surface area contributed by atoms with Gasteiger partial charge in [0.25, 0.3) is 0 Å². The van der Waals surface area contributed by atoms with E-state index in [-0.39, 0.29) is 12.1 Å². The van der Waals surface area contributed by atoms with Gasteiger partial charge in [-0.25, -0.2) is 4.79 Å². The second kappa shape index (κ2) is 9.16. The number of hydrogen-bond acceptors (Lipinski definition) is 4. The summed E-state index contributed by atoms with van der Waals surface area (Å²) in [5.74, 6) is 0. The zero-order valence-corrected chi connectivity index (χ0v) is 15.3. The van der Waals surface area contributed by atoms with Crippen LogP contribution < -0.4 is 10.6 Å². The van der Waals surface area contributed by atoms with Crippen molar-refractivity contribution in [3.63, 3.8) is 0 Å². The normalized spacial score (nSPS) is 14.4. The highest BCUT2D eigenvalue weighted by atomic mass is 32.1. The Morgan fingerprint density at radius 2 is 2.14 bits per heavy atom. The molecule has 0 aliphatic carbocycles. The summed E-state index contributed by atoms with van der Waals surface area (Å²) in [4.78, 5) is 13.1. The summed E-state index contributed by atoms with van der Waals surface area (Å²) in [6, 6.07) is 4.76. The van der Waals surface area contributed by atoms with Crippen LogP contribution in [-0.2, 0) is 4.74 Å². The second-order valence-corrected chi connectivity index (χ2v) is 7.60. The third-order valence-electron chi connectivity index (χ3n) is 3.25. The van der Waals surface area contributed by atoms with E-state index in [0.717, 1.165) is 19.3 Å². The Morgan fingerprint density at radius 3 is 2.68 bits per heavy atom. The maximum absolute atomic E-state index is 11.8. The van der Waals surface area contributed by atoms with Gasteiger partial charge in [-0.1, -0.05) is 25.8 Å². The number of unbranched alkanes of at least 4 members (excludes halogenated alkanes) is 1. The SMILES string of the molecule is CCCCC(CNC(=O)OC(C)(C)C)NC(C)c1cccs1. The largest absolute Gasteiger partial charge is 0.444 e. The van der Waals surface area contributed by atoms with Gasteiger partial charge in [0.1, 0.15) is 5.60 Å². The molecule has 0 aliphatic rings. The van der Waals surface area contributed by atoms with Gasteiger partial charge in [-0.05, 0) is 45.6 Å². The molecule has 4 nitrogen and oxygen atoms in total. The average Bonchev–Trinajstić information content (AvgIpc) is 2.93. The molecule has 2 N–H and O–H groups in total. The number of nitrogens with one attached hydrogen (secondary N) is 2. The Labute approximate surface area is 138 Å². The van der Waals surface area contributed by atoms with Crippen LogP contribution >= 0.6 is 11.3 Å². The van der Waals surface area contributed by atoms with Gasteiger partial charge in [0, 0.05) is 23.5 Å². The molecule has 0 saturated carbocycles. The van der Waals surface area contributed by atoms with Gasteiger partial charge in [-0.15, -0.1) is 11.3 Å². The summed E-state index contributed by atoms with van der Waals surface area (Å²) < 4.78 is 5.29. The molecule has 0 aromatic carbocycles. The molecule has 0 bridgehead atoms. The maximum atomic E-state index is 11.8. The number of rotatable bonds is 8. The fourth-order valence-electron chi connectivity index (χ4n) is 2.19. The Morgan fingerprint density at radius 1 is 1.41 bits per heavy atom. The Balaban J connectivity index is 2.48. The quantitative estimate of drug-likeness (QED) is 0.740. The summed E-state index contributed by atoms with van der Waals surface area (Å²) in [6.45, 7) is 10.6. The van der Waals surface area contributed by atoms with Crippen molar-refractivity contribution in [2.45, 2.75) is 71.6 Å². The van der Waals surface area contributed by atoms with Crippen molar-refractivity contribution < 1.29 is 9.53 Å². The first-order valence-corrected chi connectivity index (χ1v) is 8.96. The summed E-state index contributed by atoms with van der Waals surface area (Å²) in [6.07, 6.45) is 2.99. The monoisotopic (exact) mass is 326 g/mol. The molecule has 1 aromatic heterocycles. The third kappa shape index (κ3) is 7.80. The first-order valence-electron chi connectivity index (χ1n) is 8.08. The highest BCUT2D eigenvalue weighted by Crippen LogP contribution is 2.19. The van der Waals surface area contributed by atoms with Gasteiger partial charge >= 0.3 is 6.09 Å². The van der Waals surface area contributed by atoms with E-state index in [0.29, 0.717) is 12.6 Å². The van der Waals surface area contributed by atoms with Crippen molar-refractivity contribution in [2.24, 2.45) is 0 Å². The van der Waals surface area contributed by atoms with Gasteiger partial charge < -0.3 is 15.4 Å². The van der Waals surface area contributed by atoms with Crippen LogP contribution in [-0.4, -0.2) is 24.3 Å². The fraction of sp³-hybridized carbons (Fsp3) is 0.706. The number of thiophene rings is 1. The number of alkyl carbamates (subject to hydrolysis) is 1. The van der Waals surface area contributed by atoms with Crippen molar-refractivity contribution in [3.05, 3.63) is 22.4 Å². The Kier molecular flexibility index (Phi) is 7.90.